The van der Waals surface area contributed by atoms with Crippen molar-refractivity contribution in [2.75, 3.05) is 0 Å². The number of hydrogen-bond acceptors (Lipinski definition) is 5. The van der Waals surface area contributed by atoms with Gasteiger partial charge in [0.15, 0.2) is 0 Å². The predicted molar refractivity (Wildman–Crippen MR) is 63.8 cm³/mol. The largest absolute Gasteiger partial charge is 0.368 e. The highest BCUT2D eigenvalue weighted by Gasteiger charge is 2.28. The molecule has 4 nitrogen and oxygen atoms in total. The highest BCUT2D eigenvalue weighted by Crippen LogP contribution is 2.29. The molecule has 1 rings (SSSR count). The second-order valence-corrected chi connectivity index (χ2v) is 6.29. The predicted octanol–water partition coefficient (Wildman–Crippen LogP) is 1.22. The number of primary amides is 1. The first-order valence-electron chi connectivity index (χ1n) is 4.57. The number of nitrogens with zero attached hydrogens (tertiary/aromatic N) is 1. The summed E-state index contributed by atoms with van der Waals surface area (Å²) < 4.78 is 0.989. The third kappa shape index (κ3) is 3.81. The summed E-state index contributed by atoms with van der Waals surface area (Å²) in [4.78, 5) is 15.2. The number of hydrogen-bond donors (Lipinski definition) is 2. The van der Waals surface area contributed by atoms with Crippen molar-refractivity contribution >= 4 is 29.0 Å². The van der Waals surface area contributed by atoms with Gasteiger partial charge < -0.3 is 11.5 Å². The summed E-state index contributed by atoms with van der Waals surface area (Å²) in [6.45, 7) is 3.67. The van der Waals surface area contributed by atoms with Crippen LogP contribution < -0.4 is 11.5 Å². The van der Waals surface area contributed by atoms with Crippen molar-refractivity contribution in [3.8, 4) is 0 Å². The Bertz CT molecular complexity index is 324. The standard InChI is InChI=1S/C9H15N3OS2/c1-6(5-9(2,11)7(10)13)15-8-12-3-4-14-8/h3-4,6H,5,11H2,1-2H3,(H2,10,13). The van der Waals surface area contributed by atoms with Crippen LogP contribution >= 0.6 is 23.1 Å². The summed E-state index contributed by atoms with van der Waals surface area (Å²) in [6, 6.07) is 0. The van der Waals surface area contributed by atoms with Crippen molar-refractivity contribution in [2.45, 2.75) is 35.4 Å². The van der Waals surface area contributed by atoms with Crippen LogP contribution in [0.25, 0.3) is 0 Å². The van der Waals surface area contributed by atoms with Crippen LogP contribution in [0.3, 0.4) is 0 Å². The average molecular weight is 245 g/mol. The average Bonchev–Trinajstić information content (AvgIpc) is 2.54. The van der Waals surface area contributed by atoms with Crippen molar-refractivity contribution in [3.63, 3.8) is 0 Å². The lowest BCUT2D eigenvalue weighted by Gasteiger charge is -2.23. The van der Waals surface area contributed by atoms with Gasteiger partial charge in [0.2, 0.25) is 5.91 Å². The van der Waals surface area contributed by atoms with E-state index in [1.165, 1.54) is 0 Å². The van der Waals surface area contributed by atoms with Gasteiger partial charge in [-0.3, -0.25) is 4.79 Å². The van der Waals surface area contributed by atoms with Gasteiger partial charge in [-0.05, 0) is 13.3 Å². The highest BCUT2D eigenvalue weighted by molar-refractivity contribution is 8.01. The smallest absolute Gasteiger partial charge is 0.237 e. The van der Waals surface area contributed by atoms with Gasteiger partial charge in [0.05, 0.1) is 5.54 Å². The summed E-state index contributed by atoms with van der Waals surface area (Å²) in [5, 5.41) is 2.14. The fourth-order valence-electron chi connectivity index (χ4n) is 1.18. The lowest BCUT2D eigenvalue weighted by atomic mass is 9.97. The van der Waals surface area contributed by atoms with Gasteiger partial charge in [-0.25, -0.2) is 4.98 Å². The molecule has 0 radical (unpaired) electrons. The minimum Gasteiger partial charge on any atom is -0.368 e. The van der Waals surface area contributed by atoms with E-state index in [1.807, 2.05) is 12.3 Å². The summed E-state index contributed by atoms with van der Waals surface area (Å²) in [5.74, 6) is -0.464. The van der Waals surface area contributed by atoms with Crippen LogP contribution in [0.1, 0.15) is 20.3 Å². The van der Waals surface area contributed by atoms with Crippen LogP contribution in [0.15, 0.2) is 15.9 Å². The van der Waals surface area contributed by atoms with E-state index in [2.05, 4.69) is 4.98 Å². The molecule has 2 unspecified atom stereocenters. The van der Waals surface area contributed by atoms with Crippen LogP contribution in [0.5, 0.6) is 0 Å². The van der Waals surface area contributed by atoms with Gasteiger partial charge in [0, 0.05) is 16.8 Å². The molecule has 2 atom stereocenters. The van der Waals surface area contributed by atoms with Crippen LogP contribution in [-0.2, 0) is 4.79 Å². The molecule has 0 spiro atoms. The lowest BCUT2D eigenvalue weighted by molar-refractivity contribution is -0.122. The molecule has 15 heavy (non-hydrogen) atoms. The zero-order valence-corrected chi connectivity index (χ0v) is 10.4. The maximum absolute atomic E-state index is 11.0. The number of nitrogens with two attached hydrogens (primary N) is 2. The second kappa shape index (κ2) is 4.96. The molecule has 6 heteroatoms. The van der Waals surface area contributed by atoms with Crippen molar-refractivity contribution in [3.05, 3.63) is 11.6 Å². The number of thiazole rings is 1. The fraction of sp³-hybridized carbons (Fsp3) is 0.556. The Labute approximate surface area is 97.4 Å². The Balaban J connectivity index is 2.49. The van der Waals surface area contributed by atoms with Crippen molar-refractivity contribution in [1.29, 1.82) is 0 Å². The molecular formula is C9H15N3OS2. The van der Waals surface area contributed by atoms with Gasteiger partial charge in [0.1, 0.15) is 4.34 Å². The van der Waals surface area contributed by atoms with Crippen LogP contribution in [0.4, 0.5) is 0 Å². The lowest BCUT2D eigenvalue weighted by Crippen LogP contribution is -2.50. The van der Waals surface area contributed by atoms with E-state index in [0.717, 1.165) is 4.34 Å². The molecular weight excluding hydrogens is 230 g/mol. The van der Waals surface area contributed by atoms with Gasteiger partial charge in [-0.2, -0.15) is 0 Å². The first-order chi connectivity index (χ1) is 6.92. The van der Waals surface area contributed by atoms with Gasteiger partial charge in [-0.1, -0.05) is 18.7 Å². The number of rotatable bonds is 5. The summed E-state index contributed by atoms with van der Waals surface area (Å²) in [5.41, 5.74) is 10.0. The van der Waals surface area contributed by atoms with E-state index in [1.54, 1.807) is 36.2 Å². The Morgan fingerprint density at radius 3 is 2.93 bits per heavy atom. The number of amides is 1. The summed E-state index contributed by atoms with van der Waals surface area (Å²) in [7, 11) is 0. The monoisotopic (exact) mass is 245 g/mol. The van der Waals surface area contributed by atoms with Crippen LogP contribution in [0.2, 0.25) is 0 Å². The maximum Gasteiger partial charge on any atom is 0.237 e. The Kier molecular flexibility index (Phi) is 4.12. The van der Waals surface area contributed by atoms with Gasteiger partial charge in [-0.15, -0.1) is 11.3 Å². The van der Waals surface area contributed by atoms with Crippen molar-refractivity contribution in [1.82, 2.24) is 4.98 Å². The Morgan fingerprint density at radius 2 is 2.47 bits per heavy atom. The van der Waals surface area contributed by atoms with E-state index >= 15 is 0 Å². The first-order valence-corrected chi connectivity index (χ1v) is 6.32. The quantitative estimate of drug-likeness (QED) is 0.764. The highest BCUT2D eigenvalue weighted by atomic mass is 32.2. The van der Waals surface area contributed by atoms with E-state index in [4.69, 9.17) is 11.5 Å². The molecule has 0 aromatic carbocycles. The summed E-state index contributed by atoms with van der Waals surface area (Å²) in [6.07, 6.45) is 2.31. The number of carbonyl (C=O) groups is 1. The Morgan fingerprint density at radius 1 is 1.80 bits per heavy atom. The van der Waals surface area contributed by atoms with Crippen LogP contribution in [0, 0.1) is 0 Å². The normalized spacial score (nSPS) is 17.0. The molecule has 0 saturated heterocycles. The zero-order valence-electron chi connectivity index (χ0n) is 8.77. The molecule has 0 fully saturated rings. The van der Waals surface area contributed by atoms with E-state index in [-0.39, 0.29) is 5.25 Å². The van der Waals surface area contributed by atoms with Crippen molar-refractivity contribution in [2.24, 2.45) is 11.5 Å². The van der Waals surface area contributed by atoms with E-state index in [0.29, 0.717) is 6.42 Å². The SMILES string of the molecule is CC(CC(C)(N)C(N)=O)Sc1nccs1. The van der Waals surface area contributed by atoms with E-state index in [9.17, 15) is 4.79 Å². The summed E-state index contributed by atoms with van der Waals surface area (Å²) >= 11 is 3.19. The second-order valence-electron chi connectivity index (χ2n) is 3.71. The molecule has 0 aliphatic carbocycles. The molecule has 4 N–H and O–H groups in total. The zero-order chi connectivity index (χ0) is 11.5. The maximum atomic E-state index is 11.0. The van der Waals surface area contributed by atoms with Crippen molar-refractivity contribution < 1.29 is 4.79 Å². The number of carbonyl (C=O) groups excluding carboxylic acids is 1. The minimum atomic E-state index is -0.941. The first kappa shape index (κ1) is 12.5. The van der Waals surface area contributed by atoms with E-state index < -0.39 is 11.4 Å². The van der Waals surface area contributed by atoms with Gasteiger partial charge in [0.25, 0.3) is 0 Å². The molecule has 1 heterocycles. The molecule has 0 aliphatic heterocycles. The molecule has 1 aromatic rings. The molecule has 0 saturated carbocycles. The molecule has 84 valence electrons. The fourth-order valence-corrected chi connectivity index (χ4v) is 3.32. The third-order valence-electron chi connectivity index (χ3n) is 1.99. The van der Waals surface area contributed by atoms with Crippen LogP contribution in [-0.4, -0.2) is 21.7 Å². The number of aromatic nitrogens is 1. The number of thioether (sulfide) groups is 1. The van der Waals surface area contributed by atoms with Gasteiger partial charge >= 0.3 is 0 Å². The molecule has 1 amide bonds. The minimum absolute atomic E-state index is 0.221. The third-order valence-corrected chi connectivity index (χ3v) is 4.00. The molecule has 0 bridgehead atoms. The topological polar surface area (TPSA) is 82.0 Å². The molecule has 1 aromatic heterocycles. The Hall–Kier alpha value is -0.590. The molecule has 0 aliphatic rings.